The lowest BCUT2D eigenvalue weighted by Gasteiger charge is -2.00. The maximum absolute atomic E-state index is 11.5. The van der Waals surface area contributed by atoms with Crippen LogP contribution in [-0.4, -0.2) is 4.98 Å². The van der Waals surface area contributed by atoms with Crippen molar-refractivity contribution in [3.8, 4) is 0 Å². The maximum atomic E-state index is 11.5. The van der Waals surface area contributed by atoms with Gasteiger partial charge in [-0.1, -0.05) is 15.9 Å². The summed E-state index contributed by atoms with van der Waals surface area (Å²) in [6, 6.07) is 3.53. The predicted octanol–water partition coefficient (Wildman–Crippen LogP) is 3.02. The highest BCUT2D eigenvalue weighted by molar-refractivity contribution is 9.11. The van der Waals surface area contributed by atoms with E-state index in [0.717, 1.165) is 8.95 Å². The zero-order chi connectivity index (χ0) is 10.3. The highest BCUT2D eigenvalue weighted by atomic mass is 79.9. The fourth-order valence-electron chi connectivity index (χ4n) is 1.20. The maximum Gasteiger partial charge on any atom is 0.346 e. The zero-order valence-electron chi connectivity index (χ0n) is 7.17. The molecule has 0 radical (unpaired) electrons. The molecule has 0 unspecified atom stereocenters. The number of nitrogens with zero attached hydrogens (tertiary/aromatic N) is 1. The van der Waals surface area contributed by atoms with Gasteiger partial charge in [0.15, 0.2) is 5.89 Å². The van der Waals surface area contributed by atoms with Crippen molar-refractivity contribution in [2.75, 3.05) is 0 Å². The number of aromatic nitrogens is 1. The van der Waals surface area contributed by atoms with Crippen molar-refractivity contribution in [2.45, 2.75) is 6.92 Å². The topological polar surface area (TPSA) is 43.1 Å². The molecule has 5 heteroatoms. The van der Waals surface area contributed by atoms with Gasteiger partial charge in [0, 0.05) is 15.9 Å². The minimum absolute atomic E-state index is 0.366. The fraction of sp³-hybridized carbons (Fsp3) is 0.111. The normalized spacial score (nSPS) is 10.8. The monoisotopic (exact) mass is 317 g/mol. The molecule has 0 saturated carbocycles. The summed E-state index contributed by atoms with van der Waals surface area (Å²) in [5.41, 5.74) is 0.261. The van der Waals surface area contributed by atoms with Crippen molar-refractivity contribution in [3.63, 3.8) is 0 Å². The fourth-order valence-corrected chi connectivity index (χ4v) is 2.52. The number of hydrogen-bond acceptors (Lipinski definition) is 3. The van der Waals surface area contributed by atoms with Crippen molar-refractivity contribution in [3.05, 3.63) is 37.4 Å². The van der Waals surface area contributed by atoms with Gasteiger partial charge in [0.2, 0.25) is 0 Å². The van der Waals surface area contributed by atoms with Crippen LogP contribution in [0.1, 0.15) is 5.89 Å². The van der Waals surface area contributed by atoms with Gasteiger partial charge in [0.25, 0.3) is 0 Å². The third-order valence-corrected chi connectivity index (χ3v) is 2.82. The Morgan fingerprint density at radius 2 is 2.07 bits per heavy atom. The van der Waals surface area contributed by atoms with E-state index in [0.29, 0.717) is 16.8 Å². The minimum Gasteiger partial charge on any atom is -0.408 e. The Balaban J connectivity index is 3.02. The van der Waals surface area contributed by atoms with Crippen LogP contribution in [0.2, 0.25) is 0 Å². The number of rotatable bonds is 0. The second-order valence-electron chi connectivity index (χ2n) is 2.80. The van der Waals surface area contributed by atoms with Crippen LogP contribution in [0.5, 0.6) is 0 Å². The molecular weight excluding hydrogens is 314 g/mol. The van der Waals surface area contributed by atoms with E-state index in [-0.39, 0.29) is 5.63 Å². The van der Waals surface area contributed by atoms with E-state index >= 15 is 0 Å². The average Bonchev–Trinajstić information content (AvgIpc) is 2.07. The van der Waals surface area contributed by atoms with Gasteiger partial charge in [-0.05, 0) is 28.1 Å². The van der Waals surface area contributed by atoms with Gasteiger partial charge in [-0.15, -0.1) is 0 Å². The first-order valence-corrected chi connectivity index (χ1v) is 5.43. The van der Waals surface area contributed by atoms with Gasteiger partial charge in [0.1, 0.15) is 0 Å². The van der Waals surface area contributed by atoms with Gasteiger partial charge >= 0.3 is 5.63 Å². The van der Waals surface area contributed by atoms with Crippen LogP contribution in [0.25, 0.3) is 10.9 Å². The summed E-state index contributed by atoms with van der Waals surface area (Å²) in [6.07, 6.45) is 0. The molecule has 0 aliphatic carbocycles. The number of aryl methyl sites for hydroxylation is 1. The summed E-state index contributed by atoms with van der Waals surface area (Å²) in [5, 5.41) is 0.469. The molecule has 3 nitrogen and oxygen atoms in total. The molecule has 2 aromatic rings. The Labute approximate surface area is 96.4 Å². The Bertz CT molecular complexity index is 562. The average molecular weight is 319 g/mol. The largest absolute Gasteiger partial charge is 0.408 e. The summed E-state index contributed by atoms with van der Waals surface area (Å²) in [6.45, 7) is 1.65. The summed E-state index contributed by atoms with van der Waals surface area (Å²) >= 11 is 6.64. The van der Waals surface area contributed by atoms with E-state index < -0.39 is 0 Å². The summed E-state index contributed by atoms with van der Waals surface area (Å²) in [7, 11) is 0. The highest BCUT2D eigenvalue weighted by Crippen LogP contribution is 2.25. The molecule has 0 atom stereocenters. The molecule has 0 spiro atoms. The third-order valence-electron chi connectivity index (χ3n) is 1.76. The summed E-state index contributed by atoms with van der Waals surface area (Å²) < 4.78 is 6.48. The molecule has 0 saturated heterocycles. The Morgan fingerprint density at radius 1 is 1.36 bits per heavy atom. The van der Waals surface area contributed by atoms with Gasteiger partial charge in [0.05, 0.1) is 10.9 Å². The molecule has 2 rings (SSSR count). The standard InChI is InChI=1S/C9H5Br2NO2/c1-4-12-8-6(9(13)14-4)2-5(10)3-7(8)11/h2-3H,1H3. The third kappa shape index (κ3) is 1.62. The first-order chi connectivity index (χ1) is 6.58. The Morgan fingerprint density at radius 3 is 2.79 bits per heavy atom. The van der Waals surface area contributed by atoms with Crippen molar-refractivity contribution in [1.82, 2.24) is 4.98 Å². The van der Waals surface area contributed by atoms with Crippen LogP contribution in [-0.2, 0) is 0 Å². The van der Waals surface area contributed by atoms with Crippen molar-refractivity contribution >= 4 is 42.8 Å². The molecule has 0 fully saturated rings. The molecule has 1 aromatic carbocycles. The molecule has 1 heterocycles. The molecule has 0 amide bonds. The van der Waals surface area contributed by atoms with Crippen molar-refractivity contribution < 1.29 is 4.42 Å². The molecule has 0 aliphatic heterocycles. The van der Waals surface area contributed by atoms with Crippen LogP contribution in [0.4, 0.5) is 0 Å². The molecule has 14 heavy (non-hydrogen) atoms. The molecular formula is C9H5Br2NO2. The van der Waals surface area contributed by atoms with E-state index in [1.54, 1.807) is 13.0 Å². The quantitative estimate of drug-likeness (QED) is 0.750. The molecule has 72 valence electrons. The first kappa shape index (κ1) is 9.86. The molecule has 0 bridgehead atoms. The number of benzene rings is 1. The van der Waals surface area contributed by atoms with E-state index in [2.05, 4.69) is 36.8 Å². The lowest BCUT2D eigenvalue weighted by atomic mass is 10.2. The SMILES string of the molecule is Cc1nc2c(Br)cc(Br)cc2c(=O)o1. The molecule has 1 aromatic heterocycles. The lowest BCUT2D eigenvalue weighted by molar-refractivity contribution is 0.467. The van der Waals surface area contributed by atoms with Crippen LogP contribution >= 0.6 is 31.9 Å². The lowest BCUT2D eigenvalue weighted by Crippen LogP contribution is -2.03. The van der Waals surface area contributed by atoms with E-state index in [9.17, 15) is 4.79 Å². The van der Waals surface area contributed by atoms with Gasteiger partial charge in [-0.2, -0.15) is 0 Å². The number of hydrogen-bond donors (Lipinski definition) is 0. The Kier molecular flexibility index (Phi) is 2.45. The summed E-state index contributed by atoms with van der Waals surface area (Å²) in [5.74, 6) is 0.366. The van der Waals surface area contributed by atoms with Gasteiger partial charge < -0.3 is 4.42 Å². The predicted molar refractivity (Wildman–Crippen MR) is 60.4 cm³/mol. The van der Waals surface area contributed by atoms with E-state index in [1.807, 2.05) is 6.07 Å². The minimum atomic E-state index is -0.366. The van der Waals surface area contributed by atoms with E-state index in [4.69, 9.17) is 4.42 Å². The molecule has 0 N–H and O–H groups in total. The second kappa shape index (κ2) is 3.47. The highest BCUT2D eigenvalue weighted by Gasteiger charge is 2.07. The van der Waals surface area contributed by atoms with Gasteiger partial charge in [-0.25, -0.2) is 9.78 Å². The number of fused-ring (bicyclic) bond motifs is 1. The van der Waals surface area contributed by atoms with E-state index in [1.165, 1.54) is 0 Å². The zero-order valence-corrected chi connectivity index (χ0v) is 10.3. The van der Waals surface area contributed by atoms with Crippen LogP contribution in [0.3, 0.4) is 0 Å². The van der Waals surface area contributed by atoms with Crippen molar-refractivity contribution in [1.29, 1.82) is 0 Å². The first-order valence-electron chi connectivity index (χ1n) is 3.84. The smallest absolute Gasteiger partial charge is 0.346 e. The second-order valence-corrected chi connectivity index (χ2v) is 4.57. The van der Waals surface area contributed by atoms with Gasteiger partial charge in [-0.3, -0.25) is 0 Å². The Hall–Kier alpha value is -0.680. The van der Waals surface area contributed by atoms with Crippen LogP contribution in [0.15, 0.2) is 30.3 Å². The van der Waals surface area contributed by atoms with Crippen molar-refractivity contribution in [2.24, 2.45) is 0 Å². The molecule has 0 aliphatic rings. The van der Waals surface area contributed by atoms with Crippen LogP contribution in [0, 0.1) is 6.92 Å². The summed E-state index contributed by atoms with van der Waals surface area (Å²) in [4.78, 5) is 15.6. The van der Waals surface area contributed by atoms with Crippen LogP contribution < -0.4 is 5.63 Å². The number of halogens is 2.